The van der Waals surface area contributed by atoms with E-state index < -0.39 is 23.6 Å². The number of aromatic amines is 1. The highest BCUT2D eigenvalue weighted by molar-refractivity contribution is 6.02. The van der Waals surface area contributed by atoms with Crippen LogP contribution in [0.15, 0.2) is 36.7 Å². The van der Waals surface area contributed by atoms with Gasteiger partial charge in [-0.25, -0.2) is 22.5 Å². The molecular formula is C21H18F4N4O. The average Bonchev–Trinajstić information content (AvgIpc) is 3.14. The van der Waals surface area contributed by atoms with E-state index >= 15 is 0 Å². The van der Waals surface area contributed by atoms with Crippen molar-refractivity contribution in [2.24, 2.45) is 0 Å². The fourth-order valence-corrected chi connectivity index (χ4v) is 4.21. The van der Waals surface area contributed by atoms with Crippen molar-refractivity contribution in [3.05, 3.63) is 53.9 Å². The second-order valence-corrected chi connectivity index (χ2v) is 7.75. The zero-order valence-corrected chi connectivity index (χ0v) is 15.8. The highest BCUT2D eigenvalue weighted by Gasteiger charge is 2.42. The van der Waals surface area contributed by atoms with Gasteiger partial charge in [0.25, 0.3) is 5.92 Å². The topological polar surface area (TPSA) is 52.2 Å². The van der Waals surface area contributed by atoms with Crippen LogP contribution in [0.4, 0.5) is 28.9 Å². The normalized spacial score (nSPS) is 21.2. The summed E-state index contributed by atoms with van der Waals surface area (Å²) < 4.78 is 56.6. The van der Waals surface area contributed by atoms with Gasteiger partial charge in [-0.3, -0.25) is 4.79 Å². The fraction of sp³-hybridized carbons (Fsp3) is 0.333. The maximum atomic E-state index is 14.9. The number of carbonyl (C=O) groups is 1. The van der Waals surface area contributed by atoms with Crippen molar-refractivity contribution >= 4 is 28.3 Å². The Morgan fingerprint density at radius 2 is 1.73 bits per heavy atom. The van der Waals surface area contributed by atoms with Gasteiger partial charge < -0.3 is 14.8 Å². The first-order chi connectivity index (χ1) is 14.3. The number of benzene rings is 2. The van der Waals surface area contributed by atoms with Crippen LogP contribution in [0.25, 0.3) is 11.0 Å². The molecule has 2 aromatic carbocycles. The van der Waals surface area contributed by atoms with Gasteiger partial charge in [-0.15, -0.1) is 0 Å². The summed E-state index contributed by atoms with van der Waals surface area (Å²) in [5, 5.41) is 0. The number of aromatic nitrogens is 2. The molecule has 156 valence electrons. The summed E-state index contributed by atoms with van der Waals surface area (Å²) in [6.45, 7) is 0.0624. The average molecular weight is 418 g/mol. The zero-order valence-electron chi connectivity index (χ0n) is 15.8. The molecule has 1 N–H and O–H groups in total. The summed E-state index contributed by atoms with van der Waals surface area (Å²) in [5.74, 6) is -4.55. The Balaban J connectivity index is 1.44. The van der Waals surface area contributed by atoms with Crippen molar-refractivity contribution < 1.29 is 22.4 Å². The molecule has 2 saturated heterocycles. The van der Waals surface area contributed by atoms with Crippen LogP contribution in [0.3, 0.4) is 0 Å². The number of imidazole rings is 1. The van der Waals surface area contributed by atoms with Crippen molar-refractivity contribution in [1.29, 1.82) is 0 Å². The number of nitrogens with one attached hydrogen (secondary N) is 1. The van der Waals surface area contributed by atoms with Crippen molar-refractivity contribution in [2.45, 2.75) is 31.2 Å². The van der Waals surface area contributed by atoms with Gasteiger partial charge in [-0.1, -0.05) is 0 Å². The smallest absolute Gasteiger partial charge is 0.251 e. The molecule has 1 amide bonds. The summed E-state index contributed by atoms with van der Waals surface area (Å²) in [4.78, 5) is 22.3. The van der Waals surface area contributed by atoms with Crippen LogP contribution in [0, 0.1) is 11.6 Å². The van der Waals surface area contributed by atoms with Crippen molar-refractivity contribution in [3.8, 4) is 0 Å². The molecule has 3 heterocycles. The lowest BCUT2D eigenvalue weighted by molar-refractivity contribution is -0.124. The van der Waals surface area contributed by atoms with E-state index in [1.54, 1.807) is 23.1 Å². The van der Waals surface area contributed by atoms with E-state index in [9.17, 15) is 22.4 Å². The minimum atomic E-state index is -2.74. The summed E-state index contributed by atoms with van der Waals surface area (Å²) in [7, 11) is 0. The zero-order chi connectivity index (χ0) is 21.0. The van der Waals surface area contributed by atoms with E-state index in [0.29, 0.717) is 11.2 Å². The number of halogens is 4. The van der Waals surface area contributed by atoms with Crippen LogP contribution in [0.1, 0.15) is 30.9 Å². The third-order valence-corrected chi connectivity index (χ3v) is 5.89. The molecule has 1 atom stereocenters. The number of rotatable bonds is 3. The van der Waals surface area contributed by atoms with Gasteiger partial charge in [0.1, 0.15) is 11.6 Å². The predicted octanol–water partition coefficient (Wildman–Crippen LogP) is 4.55. The molecular weight excluding hydrogens is 400 g/mol. The summed E-state index contributed by atoms with van der Waals surface area (Å²) in [6.07, 6.45) is 0.820. The summed E-state index contributed by atoms with van der Waals surface area (Å²) in [6, 6.07) is 6.70. The van der Waals surface area contributed by atoms with Gasteiger partial charge >= 0.3 is 0 Å². The van der Waals surface area contributed by atoms with Crippen molar-refractivity contribution in [3.63, 3.8) is 0 Å². The number of carbonyl (C=O) groups excluding carboxylic acids is 1. The van der Waals surface area contributed by atoms with Gasteiger partial charge in [-0.2, -0.15) is 0 Å². The van der Waals surface area contributed by atoms with E-state index in [-0.39, 0.29) is 49.5 Å². The van der Waals surface area contributed by atoms with Crippen LogP contribution < -0.4 is 9.80 Å². The number of hydrogen-bond donors (Lipinski definition) is 1. The quantitative estimate of drug-likeness (QED) is 0.501. The highest BCUT2D eigenvalue weighted by atomic mass is 19.3. The first-order valence-electron chi connectivity index (χ1n) is 9.69. The summed E-state index contributed by atoms with van der Waals surface area (Å²) >= 11 is 0. The third-order valence-electron chi connectivity index (χ3n) is 5.89. The standard InChI is InChI=1S/C21H18F4N4O/c22-14-7-13(28-5-3-21(24,25)4-6-28)8-15(23)20(14)18-10-19(30)29(18)12-1-2-16-17(9-12)27-11-26-16/h1-2,7-9,11,18H,3-6,10H2,(H,26,27)/t18-/m0/s1. The minimum Gasteiger partial charge on any atom is -0.371 e. The van der Waals surface area contributed by atoms with Crippen LogP contribution in [0.2, 0.25) is 0 Å². The molecule has 0 bridgehead atoms. The number of hydrogen-bond acceptors (Lipinski definition) is 3. The number of H-pyrrole nitrogens is 1. The van der Waals surface area contributed by atoms with Gasteiger partial charge in [0.05, 0.1) is 29.8 Å². The molecule has 0 saturated carbocycles. The van der Waals surface area contributed by atoms with E-state index in [0.717, 1.165) is 5.52 Å². The maximum Gasteiger partial charge on any atom is 0.251 e. The Labute approximate surface area is 169 Å². The lowest BCUT2D eigenvalue weighted by Gasteiger charge is -2.41. The first-order valence-corrected chi connectivity index (χ1v) is 9.69. The second kappa shape index (κ2) is 6.72. The molecule has 0 radical (unpaired) electrons. The molecule has 3 aromatic rings. The Morgan fingerprint density at radius 3 is 2.40 bits per heavy atom. The molecule has 30 heavy (non-hydrogen) atoms. The lowest BCUT2D eigenvalue weighted by atomic mass is 9.91. The van der Waals surface area contributed by atoms with Crippen LogP contribution >= 0.6 is 0 Å². The van der Waals surface area contributed by atoms with Gasteiger partial charge in [0.2, 0.25) is 5.91 Å². The fourth-order valence-electron chi connectivity index (χ4n) is 4.21. The number of nitrogens with zero attached hydrogens (tertiary/aromatic N) is 3. The molecule has 0 aliphatic carbocycles. The van der Waals surface area contributed by atoms with Gasteiger partial charge in [0.15, 0.2) is 0 Å². The Kier molecular flexibility index (Phi) is 4.23. The largest absolute Gasteiger partial charge is 0.371 e. The van der Waals surface area contributed by atoms with E-state index in [2.05, 4.69) is 9.97 Å². The molecule has 2 aliphatic rings. The van der Waals surface area contributed by atoms with Crippen LogP contribution in [0.5, 0.6) is 0 Å². The molecule has 5 nitrogen and oxygen atoms in total. The SMILES string of the molecule is O=C1C[C@@H](c2c(F)cc(N3CCC(F)(F)CC3)cc2F)N1c1ccc2nc[nH]c2c1. The number of β-lactam (4-membered cyclic amide) rings is 1. The molecule has 0 spiro atoms. The van der Waals surface area contributed by atoms with E-state index in [4.69, 9.17) is 0 Å². The lowest BCUT2D eigenvalue weighted by Crippen LogP contribution is -2.47. The number of amides is 1. The van der Waals surface area contributed by atoms with Crippen molar-refractivity contribution in [1.82, 2.24) is 9.97 Å². The first kappa shape index (κ1) is 18.9. The Bertz CT molecular complexity index is 1110. The Morgan fingerprint density at radius 1 is 1.03 bits per heavy atom. The second-order valence-electron chi connectivity index (χ2n) is 7.75. The summed E-state index contributed by atoms with van der Waals surface area (Å²) in [5.41, 5.74) is 2.00. The molecule has 2 fully saturated rings. The van der Waals surface area contributed by atoms with Crippen LogP contribution in [-0.2, 0) is 4.79 Å². The minimum absolute atomic E-state index is 0.00978. The van der Waals surface area contributed by atoms with Gasteiger partial charge in [-0.05, 0) is 30.3 Å². The molecule has 9 heteroatoms. The van der Waals surface area contributed by atoms with E-state index in [1.807, 2.05) is 0 Å². The third kappa shape index (κ3) is 3.09. The predicted molar refractivity (Wildman–Crippen MR) is 104 cm³/mol. The monoisotopic (exact) mass is 418 g/mol. The van der Waals surface area contributed by atoms with Crippen molar-refractivity contribution in [2.75, 3.05) is 22.9 Å². The maximum absolute atomic E-state index is 14.9. The van der Waals surface area contributed by atoms with E-state index in [1.165, 1.54) is 23.4 Å². The molecule has 5 rings (SSSR count). The number of anilines is 2. The van der Waals surface area contributed by atoms with Gasteiger partial charge in [0, 0.05) is 42.9 Å². The number of piperidine rings is 1. The number of alkyl halides is 2. The van der Waals surface area contributed by atoms with Crippen LogP contribution in [-0.4, -0.2) is 34.9 Å². The molecule has 0 unspecified atom stereocenters. The highest BCUT2D eigenvalue weighted by Crippen LogP contribution is 2.42. The Hall–Kier alpha value is -3.10. The molecule has 1 aromatic heterocycles. The molecule has 2 aliphatic heterocycles. The number of fused-ring (bicyclic) bond motifs is 1.